The maximum absolute atomic E-state index is 12.5. The summed E-state index contributed by atoms with van der Waals surface area (Å²) in [4.78, 5) is 16.9. The molecular formula is C17H19ClN4O. The average molecular weight is 331 g/mol. The van der Waals surface area contributed by atoms with Crippen LogP contribution in [0.2, 0.25) is 5.02 Å². The Labute approximate surface area is 139 Å². The lowest BCUT2D eigenvalue weighted by molar-refractivity contribution is 0.0934. The number of carbonyl (C=O) groups is 1. The smallest absolute Gasteiger partial charge is 0.271 e. The van der Waals surface area contributed by atoms with Crippen LogP contribution < -0.4 is 11.1 Å². The summed E-state index contributed by atoms with van der Waals surface area (Å²) in [5.74, 6) is 0.850. The van der Waals surface area contributed by atoms with Crippen molar-refractivity contribution < 1.29 is 4.79 Å². The Bertz CT molecular complexity index is 770. The molecule has 0 fully saturated rings. The van der Waals surface area contributed by atoms with Crippen LogP contribution in [0.4, 0.5) is 0 Å². The third-order valence-electron chi connectivity index (χ3n) is 4.70. The van der Waals surface area contributed by atoms with Gasteiger partial charge < -0.3 is 15.6 Å². The molecule has 1 aromatic heterocycles. The van der Waals surface area contributed by atoms with Crippen LogP contribution in [0, 0.1) is 0 Å². The Morgan fingerprint density at radius 2 is 2.17 bits per heavy atom. The third-order valence-corrected chi connectivity index (χ3v) is 4.93. The first-order chi connectivity index (χ1) is 11.1. The molecule has 1 aliphatic carbocycles. The van der Waals surface area contributed by atoms with Gasteiger partial charge >= 0.3 is 0 Å². The van der Waals surface area contributed by atoms with Gasteiger partial charge in [-0.25, -0.2) is 4.98 Å². The number of hydrogen-bond donors (Lipinski definition) is 2. The lowest BCUT2D eigenvalue weighted by Gasteiger charge is -2.19. The van der Waals surface area contributed by atoms with E-state index in [1.165, 1.54) is 11.1 Å². The molecule has 1 aliphatic heterocycles. The van der Waals surface area contributed by atoms with E-state index in [1.54, 1.807) is 0 Å². The maximum atomic E-state index is 12.5. The molecular weight excluding hydrogens is 312 g/mol. The topological polar surface area (TPSA) is 72.9 Å². The van der Waals surface area contributed by atoms with Gasteiger partial charge in [0.05, 0.1) is 0 Å². The molecule has 2 heterocycles. The van der Waals surface area contributed by atoms with Gasteiger partial charge in [0, 0.05) is 36.3 Å². The molecule has 2 aromatic rings. The Hall–Kier alpha value is -1.85. The second-order valence-electron chi connectivity index (χ2n) is 6.49. The number of hydrogen-bond acceptors (Lipinski definition) is 3. The van der Waals surface area contributed by atoms with Crippen molar-refractivity contribution >= 4 is 17.5 Å². The second kappa shape index (κ2) is 5.65. The van der Waals surface area contributed by atoms with Crippen LogP contribution in [-0.4, -0.2) is 27.5 Å². The van der Waals surface area contributed by atoms with E-state index >= 15 is 0 Å². The number of imidazole rings is 1. The number of rotatable bonds is 2. The number of benzene rings is 1. The predicted octanol–water partition coefficient (Wildman–Crippen LogP) is 1.71. The highest BCUT2D eigenvalue weighted by atomic mass is 35.5. The molecule has 1 aromatic carbocycles. The summed E-state index contributed by atoms with van der Waals surface area (Å²) < 4.78 is 2.01. The molecule has 4 rings (SSSR count). The van der Waals surface area contributed by atoms with E-state index in [9.17, 15) is 4.79 Å². The zero-order valence-corrected chi connectivity index (χ0v) is 13.5. The molecule has 1 amide bonds. The fraction of sp³-hybridized carbons (Fsp3) is 0.412. The number of carbonyl (C=O) groups excluding carboxylic acids is 1. The summed E-state index contributed by atoms with van der Waals surface area (Å²) >= 11 is 6.03. The molecule has 23 heavy (non-hydrogen) atoms. The van der Waals surface area contributed by atoms with E-state index < -0.39 is 0 Å². The van der Waals surface area contributed by atoms with Crippen molar-refractivity contribution in [3.8, 4) is 0 Å². The molecule has 2 aliphatic rings. The quantitative estimate of drug-likeness (QED) is 0.880. The molecule has 0 bridgehead atoms. The summed E-state index contributed by atoms with van der Waals surface area (Å²) in [6.45, 7) is 0.739. The summed E-state index contributed by atoms with van der Waals surface area (Å²) in [5, 5.41) is 3.84. The molecule has 0 radical (unpaired) electrons. The predicted molar refractivity (Wildman–Crippen MR) is 88.6 cm³/mol. The van der Waals surface area contributed by atoms with Gasteiger partial charge in [-0.3, -0.25) is 4.79 Å². The van der Waals surface area contributed by atoms with Crippen LogP contribution in [0.15, 0.2) is 24.4 Å². The van der Waals surface area contributed by atoms with Gasteiger partial charge in [0.1, 0.15) is 11.5 Å². The molecule has 6 heteroatoms. The Morgan fingerprint density at radius 1 is 1.35 bits per heavy atom. The van der Waals surface area contributed by atoms with Crippen molar-refractivity contribution in [2.45, 2.75) is 44.3 Å². The van der Waals surface area contributed by atoms with Gasteiger partial charge in [-0.1, -0.05) is 17.7 Å². The summed E-state index contributed by atoms with van der Waals surface area (Å²) in [6.07, 6.45) is 5.25. The van der Waals surface area contributed by atoms with Crippen LogP contribution in [0.5, 0.6) is 0 Å². The normalized spacial score (nSPS) is 22.5. The van der Waals surface area contributed by atoms with Crippen LogP contribution in [0.3, 0.4) is 0 Å². The largest absolute Gasteiger partial charge is 0.347 e. The maximum Gasteiger partial charge on any atom is 0.271 e. The van der Waals surface area contributed by atoms with Crippen molar-refractivity contribution in [2.75, 3.05) is 0 Å². The lowest BCUT2D eigenvalue weighted by Crippen LogP contribution is -2.35. The number of nitrogens with two attached hydrogens (primary N) is 1. The van der Waals surface area contributed by atoms with Crippen molar-refractivity contribution in [3.63, 3.8) is 0 Å². The van der Waals surface area contributed by atoms with Crippen LogP contribution >= 0.6 is 11.6 Å². The Morgan fingerprint density at radius 3 is 3.04 bits per heavy atom. The first kappa shape index (κ1) is 14.7. The monoisotopic (exact) mass is 330 g/mol. The first-order valence-electron chi connectivity index (χ1n) is 7.98. The van der Waals surface area contributed by atoms with Crippen molar-refractivity contribution in [3.05, 3.63) is 52.1 Å². The Balaban J connectivity index is 1.45. The van der Waals surface area contributed by atoms with Crippen LogP contribution in [0.1, 0.15) is 33.9 Å². The molecule has 0 saturated carbocycles. The fourth-order valence-corrected chi connectivity index (χ4v) is 3.72. The van der Waals surface area contributed by atoms with Gasteiger partial charge in [-0.05, 0) is 42.5 Å². The second-order valence-corrected chi connectivity index (χ2v) is 6.92. The van der Waals surface area contributed by atoms with E-state index in [0.29, 0.717) is 5.69 Å². The Kier molecular flexibility index (Phi) is 3.62. The SMILES string of the molecule is NC1CCc2nc(C(=O)NC3Cc4ccc(Cl)cc4C3)cn2C1. The molecule has 120 valence electrons. The van der Waals surface area contributed by atoms with Gasteiger partial charge in [0.25, 0.3) is 5.91 Å². The van der Waals surface area contributed by atoms with Crippen molar-refractivity contribution in [1.82, 2.24) is 14.9 Å². The van der Waals surface area contributed by atoms with Gasteiger partial charge in [-0.2, -0.15) is 0 Å². The summed E-state index contributed by atoms with van der Waals surface area (Å²) in [5.41, 5.74) is 8.94. The number of amides is 1. The van der Waals surface area contributed by atoms with Gasteiger partial charge in [0.2, 0.25) is 0 Å². The summed E-state index contributed by atoms with van der Waals surface area (Å²) in [6, 6.07) is 6.19. The van der Waals surface area contributed by atoms with E-state index in [4.69, 9.17) is 17.3 Å². The zero-order valence-electron chi connectivity index (χ0n) is 12.8. The number of fused-ring (bicyclic) bond motifs is 2. The van der Waals surface area contributed by atoms with Gasteiger partial charge in [0.15, 0.2) is 0 Å². The minimum Gasteiger partial charge on any atom is -0.347 e. The van der Waals surface area contributed by atoms with E-state index in [2.05, 4.69) is 10.3 Å². The number of halogens is 1. The average Bonchev–Trinajstić information content (AvgIpc) is 3.09. The molecule has 5 nitrogen and oxygen atoms in total. The molecule has 2 atom stereocenters. The molecule has 0 spiro atoms. The zero-order chi connectivity index (χ0) is 16.0. The third kappa shape index (κ3) is 2.86. The standard InChI is InChI=1S/C17H19ClN4O/c18-12-2-1-10-6-14(7-11(10)5-12)20-17(23)15-9-22-8-13(19)3-4-16(22)21-15/h1-2,5,9,13-14H,3-4,6-8,19H2,(H,20,23). The first-order valence-corrected chi connectivity index (χ1v) is 8.36. The molecule has 0 saturated heterocycles. The van der Waals surface area contributed by atoms with E-state index in [0.717, 1.165) is 43.1 Å². The van der Waals surface area contributed by atoms with Crippen LogP contribution in [-0.2, 0) is 25.8 Å². The van der Waals surface area contributed by atoms with E-state index in [1.807, 2.05) is 29.0 Å². The summed E-state index contributed by atoms with van der Waals surface area (Å²) in [7, 11) is 0. The van der Waals surface area contributed by atoms with Crippen molar-refractivity contribution in [2.24, 2.45) is 5.73 Å². The number of nitrogens with zero attached hydrogens (tertiary/aromatic N) is 2. The fourth-order valence-electron chi connectivity index (χ4n) is 3.53. The molecule has 2 unspecified atom stereocenters. The number of aromatic nitrogens is 2. The molecule has 3 N–H and O–H groups in total. The highest BCUT2D eigenvalue weighted by Crippen LogP contribution is 2.25. The van der Waals surface area contributed by atoms with Crippen LogP contribution in [0.25, 0.3) is 0 Å². The highest BCUT2D eigenvalue weighted by molar-refractivity contribution is 6.30. The van der Waals surface area contributed by atoms with Gasteiger partial charge in [-0.15, -0.1) is 0 Å². The lowest BCUT2D eigenvalue weighted by atomic mass is 10.1. The minimum atomic E-state index is -0.107. The number of nitrogens with one attached hydrogen (secondary N) is 1. The highest BCUT2D eigenvalue weighted by Gasteiger charge is 2.25. The number of aryl methyl sites for hydroxylation is 1. The van der Waals surface area contributed by atoms with Crippen molar-refractivity contribution in [1.29, 1.82) is 0 Å². The minimum absolute atomic E-state index is 0.107. The van der Waals surface area contributed by atoms with E-state index in [-0.39, 0.29) is 18.0 Å².